The van der Waals surface area contributed by atoms with E-state index in [1.54, 1.807) is 11.3 Å². The second kappa shape index (κ2) is 10.6. The number of amides is 1. The summed E-state index contributed by atoms with van der Waals surface area (Å²) < 4.78 is 6.73. The van der Waals surface area contributed by atoms with Crippen LogP contribution in [0.2, 0.25) is 0 Å². The van der Waals surface area contributed by atoms with E-state index in [0.29, 0.717) is 26.0 Å². The van der Waals surface area contributed by atoms with Crippen LogP contribution in [-0.4, -0.2) is 17.5 Å². The average molecular weight is 473 g/mol. The van der Waals surface area contributed by atoms with Crippen molar-refractivity contribution in [3.05, 3.63) is 69.1 Å². The van der Waals surface area contributed by atoms with Gasteiger partial charge in [-0.1, -0.05) is 37.3 Å². The van der Waals surface area contributed by atoms with Gasteiger partial charge in [-0.05, 0) is 59.0 Å². The third-order valence-electron chi connectivity index (χ3n) is 4.60. The Labute approximate surface area is 184 Å². The summed E-state index contributed by atoms with van der Waals surface area (Å²) in [6, 6.07) is 14.3. The van der Waals surface area contributed by atoms with Gasteiger partial charge in [-0.3, -0.25) is 4.79 Å². The number of aromatic nitrogens is 1. The molecule has 2 aromatic carbocycles. The van der Waals surface area contributed by atoms with Gasteiger partial charge in [-0.2, -0.15) is 0 Å². The SMILES string of the molecule is CCc1ccc(OCCCC(=O)NCc2csc(-c3ccccc3C)n2)c(Br)c1. The van der Waals surface area contributed by atoms with E-state index in [0.717, 1.165) is 32.9 Å². The minimum atomic E-state index is 0.0134. The number of rotatable bonds is 9. The number of hydrogen-bond donors (Lipinski definition) is 1. The Bertz CT molecular complexity index is 971. The molecule has 0 fully saturated rings. The minimum Gasteiger partial charge on any atom is -0.492 e. The molecule has 1 aromatic heterocycles. The van der Waals surface area contributed by atoms with Gasteiger partial charge in [0.1, 0.15) is 10.8 Å². The number of benzene rings is 2. The van der Waals surface area contributed by atoms with E-state index in [-0.39, 0.29) is 5.91 Å². The predicted molar refractivity (Wildman–Crippen MR) is 122 cm³/mol. The van der Waals surface area contributed by atoms with Crippen molar-refractivity contribution in [2.75, 3.05) is 6.61 Å². The maximum absolute atomic E-state index is 12.1. The first-order chi connectivity index (χ1) is 14.1. The lowest BCUT2D eigenvalue weighted by molar-refractivity contribution is -0.121. The zero-order valence-electron chi connectivity index (χ0n) is 16.7. The smallest absolute Gasteiger partial charge is 0.220 e. The zero-order valence-corrected chi connectivity index (χ0v) is 19.1. The number of carbonyl (C=O) groups is 1. The highest BCUT2D eigenvalue weighted by atomic mass is 79.9. The molecule has 0 bridgehead atoms. The van der Waals surface area contributed by atoms with Crippen LogP contribution in [0.3, 0.4) is 0 Å². The second-order valence-corrected chi connectivity index (χ2v) is 8.52. The summed E-state index contributed by atoms with van der Waals surface area (Å²) in [7, 11) is 0. The lowest BCUT2D eigenvalue weighted by Gasteiger charge is -2.09. The summed E-state index contributed by atoms with van der Waals surface area (Å²) in [6.45, 7) is 5.16. The molecule has 1 N–H and O–H groups in total. The van der Waals surface area contributed by atoms with Crippen molar-refractivity contribution in [2.45, 2.75) is 39.7 Å². The average Bonchev–Trinajstić information content (AvgIpc) is 3.19. The number of thiazole rings is 1. The van der Waals surface area contributed by atoms with Gasteiger partial charge in [0.2, 0.25) is 5.91 Å². The second-order valence-electron chi connectivity index (χ2n) is 6.81. The summed E-state index contributed by atoms with van der Waals surface area (Å²) in [6.07, 6.45) is 2.09. The molecular weight excluding hydrogens is 448 g/mol. The summed E-state index contributed by atoms with van der Waals surface area (Å²) in [5, 5.41) is 5.93. The molecule has 3 rings (SSSR count). The Balaban J connectivity index is 1.40. The fourth-order valence-electron chi connectivity index (χ4n) is 2.90. The molecule has 0 aliphatic carbocycles. The van der Waals surface area contributed by atoms with Gasteiger partial charge in [0.15, 0.2) is 0 Å². The van der Waals surface area contributed by atoms with Crippen LogP contribution < -0.4 is 10.1 Å². The maximum atomic E-state index is 12.1. The predicted octanol–water partition coefficient (Wildman–Crippen LogP) is 5.92. The molecule has 29 heavy (non-hydrogen) atoms. The van der Waals surface area contributed by atoms with Crippen LogP contribution in [-0.2, 0) is 17.8 Å². The van der Waals surface area contributed by atoms with Crippen LogP contribution in [0.25, 0.3) is 10.6 Å². The third-order valence-corrected chi connectivity index (χ3v) is 6.15. The van der Waals surface area contributed by atoms with E-state index >= 15 is 0 Å². The molecule has 152 valence electrons. The number of hydrogen-bond acceptors (Lipinski definition) is 4. The van der Waals surface area contributed by atoms with Crippen LogP contribution in [0.4, 0.5) is 0 Å². The van der Waals surface area contributed by atoms with Crippen molar-refractivity contribution < 1.29 is 9.53 Å². The molecule has 6 heteroatoms. The minimum absolute atomic E-state index is 0.0134. The molecule has 0 unspecified atom stereocenters. The largest absolute Gasteiger partial charge is 0.492 e. The molecule has 1 amide bonds. The lowest BCUT2D eigenvalue weighted by Crippen LogP contribution is -2.23. The van der Waals surface area contributed by atoms with Crippen molar-refractivity contribution in [1.82, 2.24) is 10.3 Å². The van der Waals surface area contributed by atoms with Crippen molar-refractivity contribution in [3.63, 3.8) is 0 Å². The molecule has 0 aliphatic rings. The summed E-state index contributed by atoms with van der Waals surface area (Å²) in [5.74, 6) is 0.827. The molecular formula is C23H25BrN2O2S. The molecule has 0 aliphatic heterocycles. The third kappa shape index (κ3) is 6.15. The molecule has 0 atom stereocenters. The van der Waals surface area contributed by atoms with Crippen LogP contribution >= 0.6 is 27.3 Å². The number of nitrogens with one attached hydrogen (secondary N) is 1. The normalized spacial score (nSPS) is 10.7. The molecule has 1 heterocycles. The van der Waals surface area contributed by atoms with E-state index in [1.807, 2.05) is 23.6 Å². The van der Waals surface area contributed by atoms with Crippen LogP contribution in [0, 0.1) is 6.92 Å². The van der Waals surface area contributed by atoms with E-state index in [4.69, 9.17) is 4.74 Å². The molecule has 4 nitrogen and oxygen atoms in total. The van der Waals surface area contributed by atoms with Gasteiger partial charge in [-0.25, -0.2) is 4.98 Å². The number of ether oxygens (including phenoxy) is 1. The van der Waals surface area contributed by atoms with E-state index < -0.39 is 0 Å². The van der Waals surface area contributed by atoms with Crippen LogP contribution in [0.1, 0.15) is 36.6 Å². The first-order valence-electron chi connectivity index (χ1n) is 9.75. The molecule has 0 radical (unpaired) electrons. The molecule has 0 saturated carbocycles. The van der Waals surface area contributed by atoms with Crippen molar-refractivity contribution in [1.29, 1.82) is 0 Å². The van der Waals surface area contributed by atoms with Crippen molar-refractivity contribution >= 4 is 33.2 Å². The Morgan fingerprint density at radius 1 is 1.24 bits per heavy atom. The van der Waals surface area contributed by atoms with Crippen LogP contribution in [0.15, 0.2) is 52.3 Å². The van der Waals surface area contributed by atoms with E-state index in [9.17, 15) is 4.79 Å². The Kier molecular flexibility index (Phi) is 7.83. The fraction of sp³-hybridized carbons (Fsp3) is 0.304. The van der Waals surface area contributed by atoms with Gasteiger partial charge in [0.05, 0.1) is 23.3 Å². The summed E-state index contributed by atoms with van der Waals surface area (Å²) in [4.78, 5) is 16.8. The topological polar surface area (TPSA) is 51.2 Å². The Morgan fingerprint density at radius 2 is 2.07 bits per heavy atom. The maximum Gasteiger partial charge on any atom is 0.220 e. The van der Waals surface area contributed by atoms with Gasteiger partial charge in [-0.15, -0.1) is 11.3 Å². The number of carbonyl (C=O) groups excluding carboxylic acids is 1. The molecule has 3 aromatic rings. The van der Waals surface area contributed by atoms with Gasteiger partial charge in [0, 0.05) is 17.4 Å². The highest BCUT2D eigenvalue weighted by molar-refractivity contribution is 9.10. The first kappa shape index (κ1) is 21.5. The van der Waals surface area contributed by atoms with Crippen molar-refractivity contribution in [2.24, 2.45) is 0 Å². The first-order valence-corrected chi connectivity index (χ1v) is 11.4. The number of nitrogens with zero attached hydrogens (tertiary/aromatic N) is 1. The standard InChI is InChI=1S/C23H25BrN2O2S/c1-3-17-10-11-21(20(24)13-17)28-12-6-9-22(27)25-14-18-15-29-23(26-18)19-8-5-4-7-16(19)2/h4-5,7-8,10-11,13,15H,3,6,9,12,14H2,1-2H3,(H,25,27). The van der Waals surface area contributed by atoms with Gasteiger partial charge < -0.3 is 10.1 Å². The quantitative estimate of drug-likeness (QED) is 0.393. The van der Waals surface area contributed by atoms with Crippen molar-refractivity contribution in [3.8, 4) is 16.3 Å². The zero-order chi connectivity index (χ0) is 20.6. The van der Waals surface area contributed by atoms with Crippen LogP contribution in [0.5, 0.6) is 5.75 Å². The monoisotopic (exact) mass is 472 g/mol. The molecule has 0 saturated heterocycles. The summed E-state index contributed by atoms with van der Waals surface area (Å²) >= 11 is 5.14. The highest BCUT2D eigenvalue weighted by Crippen LogP contribution is 2.27. The van der Waals surface area contributed by atoms with E-state index in [1.165, 1.54) is 11.1 Å². The van der Waals surface area contributed by atoms with Gasteiger partial charge in [0.25, 0.3) is 0 Å². The molecule has 0 spiro atoms. The van der Waals surface area contributed by atoms with E-state index in [2.05, 4.69) is 64.3 Å². The Hall–Kier alpha value is -2.18. The Morgan fingerprint density at radius 3 is 2.83 bits per heavy atom. The lowest BCUT2D eigenvalue weighted by atomic mass is 10.1. The highest BCUT2D eigenvalue weighted by Gasteiger charge is 2.09. The summed E-state index contributed by atoms with van der Waals surface area (Å²) in [5.41, 5.74) is 4.49. The fourth-order valence-corrected chi connectivity index (χ4v) is 4.35. The number of halogens is 1. The van der Waals surface area contributed by atoms with Gasteiger partial charge >= 0.3 is 0 Å². The number of aryl methyl sites for hydroxylation is 2.